The van der Waals surface area contributed by atoms with Crippen molar-refractivity contribution in [3.05, 3.63) is 0 Å². The molecule has 0 amide bonds. The van der Waals surface area contributed by atoms with Crippen molar-refractivity contribution in [1.29, 1.82) is 0 Å². The highest BCUT2D eigenvalue weighted by Crippen LogP contribution is 2.30. The first kappa shape index (κ1) is 8.02. The van der Waals surface area contributed by atoms with E-state index in [9.17, 15) is 0 Å². The Kier molecular flexibility index (Phi) is 3.16. The molecule has 1 saturated carbocycles. The largest absolute Gasteiger partial charge is 0.330 e. The summed E-state index contributed by atoms with van der Waals surface area (Å²) in [6.45, 7) is 0.821. The Balaban J connectivity index is 2.17. The van der Waals surface area contributed by atoms with Crippen LogP contribution >= 0.6 is 0 Å². The summed E-state index contributed by atoms with van der Waals surface area (Å²) in [4.78, 5) is 0. The van der Waals surface area contributed by atoms with Gasteiger partial charge in [0.15, 0.2) is 0 Å². The Labute approximate surface area is 63.2 Å². The van der Waals surface area contributed by atoms with Crippen LogP contribution in [-0.4, -0.2) is 19.6 Å². The van der Waals surface area contributed by atoms with E-state index in [1.807, 2.05) is 7.05 Å². The van der Waals surface area contributed by atoms with Crippen molar-refractivity contribution < 1.29 is 0 Å². The summed E-state index contributed by atoms with van der Waals surface area (Å²) in [6, 6.07) is 0.693. The van der Waals surface area contributed by atoms with Gasteiger partial charge in [-0.2, -0.15) is 0 Å². The standard InChI is InChI=1S/C8H18N2/c1-10-8(5-6-9)7-3-2-4-7/h7-8,10H,2-6,9H2,1H3. The predicted molar refractivity (Wildman–Crippen MR) is 43.9 cm³/mol. The molecule has 0 spiro atoms. The van der Waals surface area contributed by atoms with Gasteiger partial charge >= 0.3 is 0 Å². The van der Waals surface area contributed by atoms with Crippen molar-refractivity contribution in [1.82, 2.24) is 5.32 Å². The van der Waals surface area contributed by atoms with E-state index in [4.69, 9.17) is 5.73 Å². The summed E-state index contributed by atoms with van der Waals surface area (Å²) < 4.78 is 0. The van der Waals surface area contributed by atoms with Crippen molar-refractivity contribution in [2.24, 2.45) is 11.7 Å². The molecule has 2 heteroatoms. The van der Waals surface area contributed by atoms with Gasteiger partial charge in [0.2, 0.25) is 0 Å². The lowest BCUT2D eigenvalue weighted by molar-refractivity contribution is 0.230. The minimum Gasteiger partial charge on any atom is -0.330 e. The van der Waals surface area contributed by atoms with E-state index in [0.717, 1.165) is 18.9 Å². The SMILES string of the molecule is CNC(CCN)C1CCC1. The minimum atomic E-state index is 0.693. The van der Waals surface area contributed by atoms with E-state index in [2.05, 4.69) is 5.32 Å². The van der Waals surface area contributed by atoms with Crippen LogP contribution in [0.1, 0.15) is 25.7 Å². The lowest BCUT2D eigenvalue weighted by Gasteiger charge is -2.33. The average Bonchev–Trinajstić information content (AvgIpc) is 1.83. The molecule has 1 rings (SSSR count). The first-order chi connectivity index (χ1) is 4.88. The maximum absolute atomic E-state index is 5.48. The molecule has 2 nitrogen and oxygen atoms in total. The summed E-state index contributed by atoms with van der Waals surface area (Å²) in [7, 11) is 2.04. The molecular formula is C8H18N2. The van der Waals surface area contributed by atoms with Crippen LogP contribution in [0.4, 0.5) is 0 Å². The van der Waals surface area contributed by atoms with E-state index in [1.165, 1.54) is 19.3 Å². The summed E-state index contributed by atoms with van der Waals surface area (Å²) in [6.07, 6.45) is 5.38. The summed E-state index contributed by atoms with van der Waals surface area (Å²) in [5, 5.41) is 3.32. The van der Waals surface area contributed by atoms with Gasteiger partial charge in [-0.3, -0.25) is 0 Å². The Bertz CT molecular complexity index is 89.3. The zero-order chi connectivity index (χ0) is 7.40. The van der Waals surface area contributed by atoms with Gasteiger partial charge in [-0.1, -0.05) is 6.42 Å². The fourth-order valence-corrected chi connectivity index (χ4v) is 1.64. The normalized spacial score (nSPS) is 22.2. The average molecular weight is 142 g/mol. The molecule has 0 aromatic heterocycles. The van der Waals surface area contributed by atoms with Gasteiger partial charge in [0.1, 0.15) is 0 Å². The van der Waals surface area contributed by atoms with Crippen LogP contribution in [0.15, 0.2) is 0 Å². The molecule has 0 heterocycles. The second-order valence-electron chi connectivity index (χ2n) is 3.16. The highest BCUT2D eigenvalue weighted by atomic mass is 14.9. The molecule has 0 aliphatic heterocycles. The summed E-state index contributed by atoms with van der Waals surface area (Å²) in [5.74, 6) is 0.925. The fraction of sp³-hybridized carbons (Fsp3) is 1.00. The van der Waals surface area contributed by atoms with Crippen LogP contribution in [-0.2, 0) is 0 Å². The third kappa shape index (κ3) is 1.70. The molecule has 1 aliphatic rings. The lowest BCUT2D eigenvalue weighted by Crippen LogP contribution is -2.38. The van der Waals surface area contributed by atoms with Crippen LogP contribution in [0, 0.1) is 5.92 Å². The molecular weight excluding hydrogens is 124 g/mol. The van der Waals surface area contributed by atoms with Gasteiger partial charge in [0, 0.05) is 6.04 Å². The molecule has 0 aromatic rings. The van der Waals surface area contributed by atoms with Gasteiger partial charge in [-0.05, 0) is 38.8 Å². The molecule has 0 aromatic carbocycles. The van der Waals surface area contributed by atoms with Crippen molar-refractivity contribution in [3.63, 3.8) is 0 Å². The van der Waals surface area contributed by atoms with Crippen LogP contribution in [0.25, 0.3) is 0 Å². The maximum atomic E-state index is 5.48. The fourth-order valence-electron chi connectivity index (χ4n) is 1.64. The lowest BCUT2D eigenvalue weighted by atomic mass is 9.78. The van der Waals surface area contributed by atoms with Crippen LogP contribution in [0.2, 0.25) is 0 Å². The molecule has 0 bridgehead atoms. The van der Waals surface area contributed by atoms with Crippen LogP contribution < -0.4 is 11.1 Å². The highest BCUT2D eigenvalue weighted by molar-refractivity contribution is 4.81. The third-order valence-corrected chi connectivity index (χ3v) is 2.57. The molecule has 1 atom stereocenters. The molecule has 3 N–H and O–H groups in total. The molecule has 0 radical (unpaired) electrons. The van der Waals surface area contributed by atoms with Crippen molar-refractivity contribution in [3.8, 4) is 0 Å². The van der Waals surface area contributed by atoms with Crippen LogP contribution in [0.3, 0.4) is 0 Å². The number of hydrogen-bond acceptors (Lipinski definition) is 2. The first-order valence-corrected chi connectivity index (χ1v) is 4.26. The molecule has 10 heavy (non-hydrogen) atoms. The third-order valence-electron chi connectivity index (χ3n) is 2.57. The number of nitrogens with one attached hydrogen (secondary N) is 1. The molecule has 1 unspecified atom stereocenters. The Morgan fingerprint density at radius 3 is 2.60 bits per heavy atom. The highest BCUT2D eigenvalue weighted by Gasteiger charge is 2.24. The zero-order valence-electron chi connectivity index (χ0n) is 6.77. The monoisotopic (exact) mass is 142 g/mol. The number of nitrogens with two attached hydrogens (primary N) is 1. The molecule has 1 aliphatic carbocycles. The number of hydrogen-bond donors (Lipinski definition) is 2. The molecule has 0 saturated heterocycles. The van der Waals surface area contributed by atoms with E-state index in [-0.39, 0.29) is 0 Å². The quantitative estimate of drug-likeness (QED) is 0.607. The van der Waals surface area contributed by atoms with Gasteiger partial charge in [-0.25, -0.2) is 0 Å². The summed E-state index contributed by atoms with van der Waals surface area (Å²) in [5.41, 5.74) is 5.48. The van der Waals surface area contributed by atoms with Gasteiger partial charge in [0.05, 0.1) is 0 Å². The van der Waals surface area contributed by atoms with E-state index >= 15 is 0 Å². The summed E-state index contributed by atoms with van der Waals surface area (Å²) >= 11 is 0. The minimum absolute atomic E-state index is 0.693. The molecule has 60 valence electrons. The smallest absolute Gasteiger partial charge is 0.0104 e. The molecule has 1 fully saturated rings. The van der Waals surface area contributed by atoms with E-state index < -0.39 is 0 Å². The van der Waals surface area contributed by atoms with Gasteiger partial charge in [-0.15, -0.1) is 0 Å². The van der Waals surface area contributed by atoms with Gasteiger partial charge in [0.25, 0.3) is 0 Å². The van der Waals surface area contributed by atoms with Crippen LogP contribution in [0.5, 0.6) is 0 Å². The maximum Gasteiger partial charge on any atom is 0.0104 e. The van der Waals surface area contributed by atoms with Crippen molar-refractivity contribution in [2.45, 2.75) is 31.7 Å². The predicted octanol–water partition coefficient (Wildman–Crippen LogP) is 0.723. The topological polar surface area (TPSA) is 38.0 Å². The van der Waals surface area contributed by atoms with E-state index in [0.29, 0.717) is 6.04 Å². The van der Waals surface area contributed by atoms with Crippen molar-refractivity contribution >= 4 is 0 Å². The first-order valence-electron chi connectivity index (χ1n) is 4.26. The Morgan fingerprint density at radius 2 is 2.30 bits per heavy atom. The Hall–Kier alpha value is -0.0800. The van der Waals surface area contributed by atoms with Crippen molar-refractivity contribution in [2.75, 3.05) is 13.6 Å². The van der Waals surface area contributed by atoms with E-state index in [1.54, 1.807) is 0 Å². The van der Waals surface area contributed by atoms with Gasteiger partial charge < -0.3 is 11.1 Å². The zero-order valence-corrected chi connectivity index (χ0v) is 6.77. The second-order valence-corrected chi connectivity index (χ2v) is 3.16. The second kappa shape index (κ2) is 3.94. The Morgan fingerprint density at radius 1 is 1.60 bits per heavy atom. The number of rotatable bonds is 4.